The molecule has 6 aromatic rings. The molecule has 0 bridgehead atoms. The van der Waals surface area contributed by atoms with Gasteiger partial charge in [0, 0.05) is 83.9 Å². The number of rotatable bonds is 12. The molecule has 4 aromatic heterocycles. The molecule has 2 aromatic carbocycles. The second kappa shape index (κ2) is 19.3. The number of carbonyl (C=O) groups is 6. The van der Waals surface area contributed by atoms with E-state index in [2.05, 4.69) is 10.6 Å². The van der Waals surface area contributed by atoms with Crippen LogP contribution in [0.15, 0.2) is 97.6 Å². The molecule has 0 fully saturated rings. The Bertz CT molecular complexity index is 2510. The van der Waals surface area contributed by atoms with E-state index in [0.717, 1.165) is 33.4 Å². The average molecular weight is 873 g/mol. The van der Waals surface area contributed by atoms with E-state index in [0.29, 0.717) is 28.5 Å². The van der Waals surface area contributed by atoms with E-state index in [4.69, 9.17) is 9.47 Å². The van der Waals surface area contributed by atoms with E-state index in [-0.39, 0.29) is 35.9 Å². The molecule has 6 rings (SSSR count). The number of carboxylic acids is 1. The van der Waals surface area contributed by atoms with Crippen LogP contribution in [0.3, 0.4) is 0 Å². The maximum absolute atomic E-state index is 12.8. The minimum Gasteiger partial charge on any atom is -0.477 e. The monoisotopic (exact) mass is 872 g/mol. The highest BCUT2D eigenvalue weighted by Crippen LogP contribution is 2.26. The van der Waals surface area contributed by atoms with Gasteiger partial charge in [0.2, 0.25) is 0 Å². The Hall–Kier alpha value is -7.42. The third kappa shape index (κ3) is 12.8. The zero-order chi connectivity index (χ0) is 47.3. The lowest BCUT2D eigenvalue weighted by Crippen LogP contribution is -2.27. The number of carboxylic acid groups (broad SMARTS) is 1. The molecule has 64 heavy (non-hydrogen) atoms. The van der Waals surface area contributed by atoms with Crippen LogP contribution in [0.25, 0.3) is 22.3 Å². The van der Waals surface area contributed by atoms with E-state index in [1.807, 2.05) is 72.4 Å². The summed E-state index contributed by atoms with van der Waals surface area (Å²) in [6, 6.07) is 21.9. The first-order valence-electron chi connectivity index (χ1n) is 20.5. The zero-order valence-electron chi connectivity index (χ0n) is 38.2. The summed E-state index contributed by atoms with van der Waals surface area (Å²) in [7, 11) is 7.04. The molecule has 0 spiro atoms. The first-order valence-corrected chi connectivity index (χ1v) is 20.5. The SMILES string of the molecule is CC(=O)c1cc(-c2ccc(CC(=O)c3cc(NC(=O)OC(C)(C)C)cn3C)cc2)cn1C.Cn1cc(-c2ccc(CC(=O)c3cc(NC(=O)OC(C)(C)C)cn3C)cc2)cc1C(=O)O. The summed E-state index contributed by atoms with van der Waals surface area (Å²) in [6.45, 7) is 12.3. The Labute approximate surface area is 372 Å². The van der Waals surface area contributed by atoms with Crippen LogP contribution in [0.5, 0.6) is 0 Å². The maximum Gasteiger partial charge on any atom is 0.412 e. The first-order chi connectivity index (χ1) is 29.8. The molecule has 336 valence electrons. The molecule has 0 aliphatic carbocycles. The van der Waals surface area contributed by atoms with Gasteiger partial charge in [0.1, 0.15) is 16.9 Å². The van der Waals surface area contributed by atoms with Crippen LogP contribution in [-0.2, 0) is 50.5 Å². The number of aromatic nitrogens is 4. The van der Waals surface area contributed by atoms with Crippen LogP contribution in [0.1, 0.15) is 102 Å². The van der Waals surface area contributed by atoms with Crippen molar-refractivity contribution < 1.29 is 43.3 Å². The van der Waals surface area contributed by atoms with Gasteiger partial charge >= 0.3 is 18.2 Å². The summed E-state index contributed by atoms with van der Waals surface area (Å²) in [5, 5.41) is 14.5. The molecular weight excluding hydrogens is 817 g/mol. The van der Waals surface area contributed by atoms with Crippen LogP contribution in [0.4, 0.5) is 21.0 Å². The molecule has 0 saturated carbocycles. The Morgan fingerprint density at radius 1 is 0.500 bits per heavy atom. The first kappa shape index (κ1) is 47.6. The van der Waals surface area contributed by atoms with Crippen molar-refractivity contribution in [2.24, 2.45) is 28.2 Å². The fraction of sp³-hybridized carbons (Fsp3) is 0.306. The fourth-order valence-corrected chi connectivity index (χ4v) is 6.85. The van der Waals surface area contributed by atoms with Crippen LogP contribution in [0, 0.1) is 0 Å². The second-order valence-corrected chi connectivity index (χ2v) is 17.6. The van der Waals surface area contributed by atoms with E-state index in [9.17, 15) is 33.9 Å². The Morgan fingerprint density at radius 2 is 0.844 bits per heavy atom. The van der Waals surface area contributed by atoms with E-state index in [1.54, 1.807) is 120 Å². The van der Waals surface area contributed by atoms with Crippen LogP contribution >= 0.6 is 0 Å². The van der Waals surface area contributed by atoms with Gasteiger partial charge in [0.15, 0.2) is 17.3 Å². The fourth-order valence-electron chi connectivity index (χ4n) is 6.85. The molecule has 15 heteroatoms. The predicted octanol–water partition coefficient (Wildman–Crippen LogP) is 9.51. The summed E-state index contributed by atoms with van der Waals surface area (Å²) in [5.74, 6) is -1.12. The molecule has 2 amide bonds. The van der Waals surface area contributed by atoms with Crippen molar-refractivity contribution in [3.63, 3.8) is 0 Å². The lowest BCUT2D eigenvalue weighted by Gasteiger charge is -2.19. The Morgan fingerprint density at radius 3 is 1.16 bits per heavy atom. The summed E-state index contributed by atoms with van der Waals surface area (Å²) >= 11 is 0. The minimum absolute atomic E-state index is 0.0177. The Kier molecular flexibility index (Phi) is 14.4. The number of nitrogens with zero attached hydrogens (tertiary/aromatic N) is 4. The number of carbonyl (C=O) groups excluding carboxylic acids is 5. The number of aromatic carboxylic acids is 1. The highest BCUT2D eigenvalue weighted by atomic mass is 16.6. The number of benzene rings is 2. The third-order valence-corrected chi connectivity index (χ3v) is 9.77. The highest BCUT2D eigenvalue weighted by Gasteiger charge is 2.21. The smallest absolute Gasteiger partial charge is 0.412 e. The van der Waals surface area contributed by atoms with Crippen molar-refractivity contribution >= 4 is 46.9 Å². The standard InChI is InChI=1S/C25H29N3O4.C24H27N3O5/c1-16(29)21-12-19(14-27(21)5)18-9-7-17(8-10-18)11-23(30)22-13-20(15-28(22)6)26-24(31)32-25(2,3)4;1-24(2,3)32-23(31)25-18-12-19(27(5)14-18)21(28)10-15-6-8-16(9-7-15)17-11-20(22(29)30)26(4)13-17/h7-10,12-15H,11H2,1-6H3,(H,26,31);6-9,11-14H,10H2,1-5H3,(H,25,31)(H,29,30). The predicted molar refractivity (Wildman–Crippen MR) is 245 cm³/mol. The maximum atomic E-state index is 12.8. The average Bonchev–Trinajstić information content (AvgIpc) is 3.95. The van der Waals surface area contributed by atoms with E-state index < -0.39 is 29.4 Å². The zero-order valence-corrected chi connectivity index (χ0v) is 38.2. The largest absolute Gasteiger partial charge is 0.477 e. The molecule has 0 radical (unpaired) electrons. The number of hydrogen-bond donors (Lipinski definition) is 3. The number of ether oxygens (including phenoxy) is 2. The molecular formula is C49H56N6O9. The number of hydrogen-bond acceptors (Lipinski definition) is 8. The van der Waals surface area contributed by atoms with Gasteiger partial charge in [-0.2, -0.15) is 0 Å². The lowest BCUT2D eigenvalue weighted by atomic mass is 10.0. The number of anilines is 2. The number of nitrogens with one attached hydrogen (secondary N) is 2. The molecule has 0 unspecified atom stereocenters. The third-order valence-electron chi connectivity index (χ3n) is 9.77. The van der Waals surface area contributed by atoms with Crippen LogP contribution < -0.4 is 10.6 Å². The van der Waals surface area contributed by atoms with Gasteiger partial charge in [-0.3, -0.25) is 25.0 Å². The molecule has 15 nitrogen and oxygen atoms in total. The second-order valence-electron chi connectivity index (χ2n) is 17.6. The van der Waals surface area contributed by atoms with Gasteiger partial charge in [-0.1, -0.05) is 48.5 Å². The summed E-state index contributed by atoms with van der Waals surface area (Å²) in [6.07, 6.45) is 6.30. The number of ketones is 3. The van der Waals surface area contributed by atoms with Crippen molar-refractivity contribution in [2.75, 3.05) is 10.6 Å². The van der Waals surface area contributed by atoms with Crippen molar-refractivity contribution in [1.82, 2.24) is 18.3 Å². The normalized spacial score (nSPS) is 11.3. The number of amides is 2. The number of Topliss-reactive ketones (excluding diaryl/α,β-unsaturated/α-hetero) is 3. The lowest BCUT2D eigenvalue weighted by molar-refractivity contribution is 0.0624. The topological polar surface area (TPSA) is 185 Å². The van der Waals surface area contributed by atoms with Crippen molar-refractivity contribution in [1.29, 1.82) is 0 Å². The van der Waals surface area contributed by atoms with Gasteiger partial charge in [0.25, 0.3) is 0 Å². The molecule has 0 aliphatic rings. The molecule has 0 saturated heterocycles. The van der Waals surface area contributed by atoms with Crippen LogP contribution in [-0.4, -0.2) is 70.1 Å². The van der Waals surface area contributed by atoms with Crippen molar-refractivity contribution in [3.8, 4) is 22.3 Å². The molecule has 3 N–H and O–H groups in total. The van der Waals surface area contributed by atoms with E-state index >= 15 is 0 Å². The molecule has 4 heterocycles. The van der Waals surface area contributed by atoms with Gasteiger partial charge in [-0.25, -0.2) is 14.4 Å². The quantitative estimate of drug-likeness (QED) is 0.101. The van der Waals surface area contributed by atoms with Crippen LogP contribution in [0.2, 0.25) is 0 Å². The summed E-state index contributed by atoms with van der Waals surface area (Å²) in [5.41, 5.74) is 6.90. The van der Waals surface area contributed by atoms with Gasteiger partial charge < -0.3 is 32.8 Å². The molecule has 0 atom stereocenters. The van der Waals surface area contributed by atoms with E-state index in [1.165, 1.54) is 0 Å². The summed E-state index contributed by atoms with van der Waals surface area (Å²) < 4.78 is 17.2. The summed E-state index contributed by atoms with van der Waals surface area (Å²) in [4.78, 5) is 72.5. The van der Waals surface area contributed by atoms with Gasteiger partial charge in [-0.15, -0.1) is 0 Å². The minimum atomic E-state index is -0.982. The Balaban J connectivity index is 0.000000241. The highest BCUT2D eigenvalue weighted by molar-refractivity contribution is 5.99. The molecule has 0 aliphatic heterocycles. The van der Waals surface area contributed by atoms with Crippen molar-refractivity contribution in [3.05, 3.63) is 131 Å². The number of aryl methyl sites for hydroxylation is 4. The van der Waals surface area contributed by atoms with Gasteiger partial charge in [0.05, 0.1) is 28.5 Å². The van der Waals surface area contributed by atoms with Crippen molar-refractivity contribution in [2.45, 2.75) is 72.5 Å². The van der Waals surface area contributed by atoms with Gasteiger partial charge in [-0.05, 0) is 88.1 Å².